The molecule has 1 fully saturated rings. The molecule has 1 amide bonds. The maximum atomic E-state index is 13.1. The van der Waals surface area contributed by atoms with Crippen molar-refractivity contribution in [3.8, 4) is 0 Å². The maximum absolute atomic E-state index is 13.1. The topological polar surface area (TPSA) is 47.4 Å². The predicted molar refractivity (Wildman–Crippen MR) is 99.9 cm³/mol. The zero-order valence-corrected chi connectivity index (χ0v) is 16.5. The molecule has 3 rings (SSSR count). The van der Waals surface area contributed by atoms with Crippen molar-refractivity contribution in [1.29, 1.82) is 0 Å². The van der Waals surface area contributed by atoms with Crippen LogP contribution in [0.4, 0.5) is 0 Å². The van der Waals surface area contributed by atoms with E-state index in [1.807, 2.05) is 35.7 Å². The summed E-state index contributed by atoms with van der Waals surface area (Å²) in [4.78, 5) is 17.0. The lowest BCUT2D eigenvalue weighted by atomic mass is 10.1. The highest BCUT2D eigenvalue weighted by Gasteiger charge is 2.25. The third-order valence-corrected chi connectivity index (χ3v) is 6.12. The smallest absolute Gasteiger partial charge is 0.264 e. The van der Waals surface area contributed by atoms with Crippen molar-refractivity contribution in [2.24, 2.45) is 7.05 Å². The van der Waals surface area contributed by atoms with Gasteiger partial charge in [-0.25, -0.2) is 0 Å². The molecule has 136 valence electrons. The second-order valence-electron chi connectivity index (χ2n) is 7.00. The lowest BCUT2D eigenvalue weighted by Crippen LogP contribution is -2.36. The van der Waals surface area contributed by atoms with E-state index in [0.29, 0.717) is 6.54 Å². The number of carbonyl (C=O) groups is 1. The first-order valence-corrected chi connectivity index (χ1v) is 9.71. The summed E-state index contributed by atoms with van der Waals surface area (Å²) in [5, 5.41) is 4.48. The van der Waals surface area contributed by atoms with E-state index in [9.17, 15) is 4.79 Å². The Morgan fingerprint density at radius 2 is 2.20 bits per heavy atom. The van der Waals surface area contributed by atoms with E-state index in [1.54, 1.807) is 11.3 Å². The van der Waals surface area contributed by atoms with Crippen LogP contribution in [0, 0.1) is 13.8 Å². The number of ether oxygens (including phenoxy) is 1. The van der Waals surface area contributed by atoms with Gasteiger partial charge >= 0.3 is 0 Å². The highest BCUT2D eigenvalue weighted by Crippen LogP contribution is 2.34. The van der Waals surface area contributed by atoms with Gasteiger partial charge in [-0.2, -0.15) is 5.10 Å². The van der Waals surface area contributed by atoms with Crippen LogP contribution in [0.5, 0.6) is 0 Å². The largest absolute Gasteiger partial charge is 0.373 e. The highest BCUT2D eigenvalue weighted by molar-refractivity contribution is 7.14. The van der Waals surface area contributed by atoms with E-state index in [4.69, 9.17) is 4.74 Å². The molecule has 2 aromatic rings. The summed E-state index contributed by atoms with van der Waals surface area (Å²) in [6, 6.07) is 4.12. The molecule has 0 radical (unpaired) electrons. The van der Waals surface area contributed by atoms with Crippen LogP contribution in [0.3, 0.4) is 0 Å². The summed E-state index contributed by atoms with van der Waals surface area (Å²) in [6.45, 7) is 9.60. The fraction of sp³-hybridized carbons (Fsp3) is 0.579. The summed E-state index contributed by atoms with van der Waals surface area (Å²) in [5.41, 5.74) is 3.24. The zero-order valence-electron chi connectivity index (χ0n) is 15.7. The monoisotopic (exact) mass is 361 g/mol. The number of nitrogens with zero attached hydrogens (tertiary/aromatic N) is 3. The second-order valence-corrected chi connectivity index (χ2v) is 8.12. The van der Waals surface area contributed by atoms with Crippen LogP contribution in [-0.2, 0) is 18.3 Å². The van der Waals surface area contributed by atoms with Crippen molar-refractivity contribution < 1.29 is 9.53 Å². The molecule has 0 aromatic carbocycles. The fourth-order valence-corrected chi connectivity index (χ4v) is 4.34. The molecule has 25 heavy (non-hydrogen) atoms. The van der Waals surface area contributed by atoms with Crippen molar-refractivity contribution >= 4 is 17.2 Å². The summed E-state index contributed by atoms with van der Waals surface area (Å²) in [7, 11) is 1.94. The lowest BCUT2D eigenvalue weighted by molar-refractivity contribution is 0.0695. The quantitative estimate of drug-likeness (QED) is 0.809. The number of hydrogen-bond acceptors (Lipinski definition) is 4. The molecule has 6 heteroatoms. The van der Waals surface area contributed by atoms with Gasteiger partial charge in [-0.15, -0.1) is 11.3 Å². The van der Waals surface area contributed by atoms with E-state index < -0.39 is 0 Å². The molecular weight excluding hydrogens is 334 g/mol. The Balaban J connectivity index is 1.81. The van der Waals surface area contributed by atoms with Gasteiger partial charge in [-0.3, -0.25) is 9.48 Å². The first kappa shape index (κ1) is 18.1. The first-order valence-electron chi connectivity index (χ1n) is 8.90. The standard InChI is InChI=1S/C19H27N3O2S/c1-12(2)22(11-15-13(3)20-21(5)14(15)4)19(23)18-9-8-17(25-18)16-7-6-10-24-16/h8-9,12,16H,6-7,10-11H2,1-5H3/t16-/m1/s1. The third-order valence-electron chi connectivity index (χ3n) is 4.96. The van der Waals surface area contributed by atoms with Crippen LogP contribution in [0.2, 0.25) is 0 Å². The number of aromatic nitrogens is 2. The van der Waals surface area contributed by atoms with Gasteiger partial charge in [0.15, 0.2) is 0 Å². The molecule has 0 unspecified atom stereocenters. The van der Waals surface area contributed by atoms with Crippen molar-refractivity contribution in [3.05, 3.63) is 38.8 Å². The zero-order chi connectivity index (χ0) is 18.1. The summed E-state index contributed by atoms with van der Waals surface area (Å²) in [5.74, 6) is 0.0897. The molecule has 3 heterocycles. The molecular formula is C19H27N3O2S. The van der Waals surface area contributed by atoms with Crippen LogP contribution < -0.4 is 0 Å². The molecule has 0 aliphatic carbocycles. The number of carbonyl (C=O) groups excluding carboxylic acids is 1. The molecule has 0 N–H and O–H groups in total. The molecule has 1 saturated heterocycles. The van der Waals surface area contributed by atoms with E-state index in [2.05, 4.69) is 25.9 Å². The van der Waals surface area contributed by atoms with E-state index >= 15 is 0 Å². The van der Waals surface area contributed by atoms with Gasteiger partial charge in [0.2, 0.25) is 0 Å². The first-order chi connectivity index (χ1) is 11.9. The molecule has 2 aromatic heterocycles. The SMILES string of the molecule is Cc1nn(C)c(C)c1CN(C(=O)c1ccc([C@H]2CCCO2)s1)C(C)C. The summed E-state index contributed by atoms with van der Waals surface area (Å²) < 4.78 is 7.63. The number of amides is 1. The van der Waals surface area contributed by atoms with E-state index in [0.717, 1.165) is 41.3 Å². The van der Waals surface area contributed by atoms with Crippen LogP contribution in [0.1, 0.15) is 64.3 Å². The molecule has 1 aliphatic heterocycles. The number of hydrogen-bond donors (Lipinski definition) is 0. The molecule has 0 bridgehead atoms. The molecule has 0 saturated carbocycles. The van der Waals surface area contributed by atoms with Gasteiger partial charge in [0.25, 0.3) is 5.91 Å². The maximum Gasteiger partial charge on any atom is 0.264 e. The molecule has 0 spiro atoms. The Hall–Kier alpha value is -1.66. The van der Waals surface area contributed by atoms with Gasteiger partial charge in [0.1, 0.15) is 0 Å². The Labute approximate surface area is 153 Å². The van der Waals surface area contributed by atoms with E-state index in [-0.39, 0.29) is 18.1 Å². The van der Waals surface area contributed by atoms with Gasteiger partial charge in [-0.05, 0) is 52.7 Å². The van der Waals surface area contributed by atoms with Crippen molar-refractivity contribution in [3.63, 3.8) is 0 Å². The van der Waals surface area contributed by atoms with Gasteiger partial charge in [0, 0.05) is 42.4 Å². The van der Waals surface area contributed by atoms with Gasteiger partial charge < -0.3 is 9.64 Å². The second kappa shape index (κ2) is 7.30. The van der Waals surface area contributed by atoms with E-state index in [1.165, 1.54) is 4.88 Å². The minimum Gasteiger partial charge on any atom is -0.373 e. The number of thiophene rings is 1. The minimum absolute atomic E-state index is 0.0897. The van der Waals surface area contributed by atoms with Gasteiger partial charge in [0.05, 0.1) is 16.7 Å². The highest BCUT2D eigenvalue weighted by atomic mass is 32.1. The predicted octanol–water partition coefficient (Wildman–Crippen LogP) is 4.00. The Morgan fingerprint density at radius 3 is 2.76 bits per heavy atom. The van der Waals surface area contributed by atoms with Crippen molar-refractivity contribution in [2.45, 2.75) is 59.2 Å². The van der Waals surface area contributed by atoms with Crippen molar-refractivity contribution in [2.75, 3.05) is 6.61 Å². The van der Waals surface area contributed by atoms with Crippen LogP contribution in [0.15, 0.2) is 12.1 Å². The molecule has 1 atom stereocenters. The van der Waals surface area contributed by atoms with Crippen molar-refractivity contribution in [1.82, 2.24) is 14.7 Å². The minimum atomic E-state index is 0.0897. The van der Waals surface area contributed by atoms with Gasteiger partial charge in [-0.1, -0.05) is 0 Å². The van der Waals surface area contributed by atoms with Crippen LogP contribution >= 0.6 is 11.3 Å². The lowest BCUT2D eigenvalue weighted by Gasteiger charge is -2.26. The Kier molecular flexibility index (Phi) is 5.29. The summed E-state index contributed by atoms with van der Waals surface area (Å²) >= 11 is 1.57. The number of aryl methyl sites for hydroxylation is 2. The summed E-state index contributed by atoms with van der Waals surface area (Å²) in [6.07, 6.45) is 2.32. The average Bonchev–Trinajstić information content (AvgIpc) is 3.28. The average molecular weight is 362 g/mol. The fourth-order valence-electron chi connectivity index (χ4n) is 3.29. The number of rotatable bonds is 5. The van der Waals surface area contributed by atoms with Crippen LogP contribution in [-0.4, -0.2) is 33.2 Å². The normalized spacial score (nSPS) is 17.4. The van der Waals surface area contributed by atoms with Crippen LogP contribution in [0.25, 0.3) is 0 Å². The Morgan fingerprint density at radius 1 is 1.44 bits per heavy atom. The third kappa shape index (κ3) is 3.65. The molecule has 1 aliphatic rings. The molecule has 5 nitrogen and oxygen atoms in total. The Bertz CT molecular complexity index is 757.